The van der Waals surface area contributed by atoms with Gasteiger partial charge in [-0.25, -0.2) is 18.1 Å². The van der Waals surface area contributed by atoms with Crippen molar-refractivity contribution in [1.82, 2.24) is 9.71 Å². The highest BCUT2D eigenvalue weighted by Crippen LogP contribution is 2.17. The molecule has 0 fully saturated rings. The van der Waals surface area contributed by atoms with Crippen LogP contribution in [0.5, 0.6) is 0 Å². The van der Waals surface area contributed by atoms with Gasteiger partial charge in [0.05, 0.1) is 18.5 Å². The van der Waals surface area contributed by atoms with Gasteiger partial charge >= 0.3 is 0 Å². The highest BCUT2D eigenvalue weighted by atomic mass is 32.2. The van der Waals surface area contributed by atoms with Crippen molar-refractivity contribution in [2.75, 3.05) is 6.26 Å². The van der Waals surface area contributed by atoms with E-state index < -0.39 is 10.0 Å². The molecule has 80 valence electrons. The fraction of sp³-hybridized carbons (Fsp3) is 0.625. The van der Waals surface area contributed by atoms with Gasteiger partial charge in [-0.15, -0.1) is 11.3 Å². The lowest BCUT2D eigenvalue weighted by atomic mass is 10.2. The third-order valence-electron chi connectivity index (χ3n) is 1.65. The van der Waals surface area contributed by atoms with E-state index in [-0.39, 0.29) is 6.54 Å². The van der Waals surface area contributed by atoms with Gasteiger partial charge in [-0.3, -0.25) is 0 Å². The van der Waals surface area contributed by atoms with Crippen LogP contribution in [0, 0.1) is 0 Å². The lowest BCUT2D eigenvalue weighted by molar-refractivity contribution is 0.587. The Kier molecular flexibility index (Phi) is 3.63. The summed E-state index contributed by atoms with van der Waals surface area (Å²) in [6, 6.07) is 0. The third kappa shape index (κ3) is 3.73. The van der Waals surface area contributed by atoms with Crippen molar-refractivity contribution in [3.63, 3.8) is 0 Å². The average Bonchev–Trinajstić information content (AvgIpc) is 2.47. The van der Waals surface area contributed by atoms with Crippen LogP contribution in [0.15, 0.2) is 5.38 Å². The van der Waals surface area contributed by atoms with E-state index in [0.29, 0.717) is 5.92 Å². The average molecular weight is 234 g/mol. The number of nitrogens with one attached hydrogen (secondary N) is 1. The highest BCUT2D eigenvalue weighted by Gasteiger charge is 2.07. The molecule has 0 atom stereocenters. The molecule has 0 aliphatic carbocycles. The molecule has 0 saturated heterocycles. The molecule has 0 aromatic carbocycles. The molecule has 1 N–H and O–H groups in total. The minimum absolute atomic E-state index is 0.288. The van der Waals surface area contributed by atoms with Gasteiger partial charge in [-0.05, 0) is 5.92 Å². The van der Waals surface area contributed by atoms with Crippen LogP contribution in [-0.4, -0.2) is 19.7 Å². The molecule has 1 aromatic heterocycles. The standard InChI is InChI=1S/C8H14N2O2S2/c1-6(2)7-5-13-8(10-7)4-9-14(3,11)12/h5-6,9H,4H2,1-3H3. The van der Waals surface area contributed by atoms with Crippen LogP contribution in [-0.2, 0) is 16.6 Å². The minimum atomic E-state index is -3.12. The summed E-state index contributed by atoms with van der Waals surface area (Å²) in [5.74, 6) is 0.387. The molecule has 6 heteroatoms. The SMILES string of the molecule is CC(C)c1csc(CNS(C)(=O)=O)n1. The zero-order valence-electron chi connectivity index (χ0n) is 8.44. The second kappa shape index (κ2) is 4.37. The van der Waals surface area contributed by atoms with Crippen molar-refractivity contribution in [2.24, 2.45) is 0 Å². The summed E-state index contributed by atoms with van der Waals surface area (Å²) in [6.45, 7) is 4.40. The summed E-state index contributed by atoms with van der Waals surface area (Å²) in [6.07, 6.45) is 1.14. The molecule has 1 rings (SSSR count). The van der Waals surface area contributed by atoms with Gasteiger partial charge < -0.3 is 0 Å². The fourth-order valence-corrected chi connectivity index (χ4v) is 2.25. The van der Waals surface area contributed by atoms with Crippen LogP contribution in [0.1, 0.15) is 30.5 Å². The van der Waals surface area contributed by atoms with Gasteiger partial charge in [-0.1, -0.05) is 13.8 Å². The van der Waals surface area contributed by atoms with E-state index in [4.69, 9.17) is 0 Å². The van der Waals surface area contributed by atoms with Gasteiger partial charge in [0.15, 0.2) is 0 Å². The highest BCUT2D eigenvalue weighted by molar-refractivity contribution is 7.88. The molecule has 0 aliphatic heterocycles. The number of aromatic nitrogens is 1. The normalized spacial score (nSPS) is 12.3. The fourth-order valence-electron chi connectivity index (χ4n) is 0.864. The summed E-state index contributed by atoms with van der Waals surface area (Å²) >= 11 is 1.48. The first-order valence-corrected chi connectivity index (χ1v) is 7.04. The van der Waals surface area contributed by atoms with Crippen LogP contribution in [0.25, 0.3) is 0 Å². The lowest BCUT2D eigenvalue weighted by Gasteiger charge is -1.99. The van der Waals surface area contributed by atoms with Crippen LogP contribution < -0.4 is 4.72 Å². The van der Waals surface area contributed by atoms with Crippen molar-refractivity contribution in [2.45, 2.75) is 26.3 Å². The van der Waals surface area contributed by atoms with Crippen LogP contribution in [0.3, 0.4) is 0 Å². The van der Waals surface area contributed by atoms with Crippen molar-refractivity contribution in [3.8, 4) is 0 Å². The Hall–Kier alpha value is -0.460. The largest absolute Gasteiger partial charge is 0.245 e. The van der Waals surface area contributed by atoms with E-state index in [9.17, 15) is 8.42 Å². The molecule has 1 aromatic rings. The van der Waals surface area contributed by atoms with Crippen molar-refractivity contribution in [3.05, 3.63) is 16.1 Å². The van der Waals surface area contributed by atoms with E-state index in [0.717, 1.165) is 17.0 Å². The third-order valence-corrected chi connectivity index (χ3v) is 3.18. The lowest BCUT2D eigenvalue weighted by Crippen LogP contribution is -2.21. The minimum Gasteiger partial charge on any atom is -0.245 e. The molecule has 4 nitrogen and oxygen atoms in total. The van der Waals surface area contributed by atoms with Gasteiger partial charge in [0.2, 0.25) is 10.0 Å². The first-order valence-electron chi connectivity index (χ1n) is 4.27. The van der Waals surface area contributed by atoms with E-state index >= 15 is 0 Å². The Morgan fingerprint density at radius 3 is 2.64 bits per heavy atom. The van der Waals surface area contributed by atoms with E-state index in [1.165, 1.54) is 11.3 Å². The van der Waals surface area contributed by atoms with Gasteiger partial charge in [-0.2, -0.15) is 0 Å². The second-order valence-electron chi connectivity index (χ2n) is 3.41. The monoisotopic (exact) mass is 234 g/mol. The Morgan fingerprint density at radius 2 is 2.21 bits per heavy atom. The smallest absolute Gasteiger partial charge is 0.209 e. The van der Waals surface area contributed by atoms with Crippen LogP contribution in [0.2, 0.25) is 0 Å². The maximum Gasteiger partial charge on any atom is 0.209 e. The maximum atomic E-state index is 10.8. The molecular weight excluding hydrogens is 220 g/mol. The quantitative estimate of drug-likeness (QED) is 0.854. The number of rotatable bonds is 4. The second-order valence-corrected chi connectivity index (χ2v) is 6.19. The molecule has 0 spiro atoms. The number of thiazole rings is 1. The summed E-state index contributed by atoms with van der Waals surface area (Å²) in [5, 5.41) is 2.77. The first kappa shape index (κ1) is 11.6. The van der Waals surface area contributed by atoms with Gasteiger partial charge in [0.25, 0.3) is 0 Å². The topological polar surface area (TPSA) is 59.1 Å². The molecule has 14 heavy (non-hydrogen) atoms. The van der Waals surface area contributed by atoms with Gasteiger partial charge in [0, 0.05) is 5.38 Å². The molecule has 0 bridgehead atoms. The summed E-state index contributed by atoms with van der Waals surface area (Å²) in [4.78, 5) is 4.30. The van der Waals surface area contributed by atoms with Crippen molar-refractivity contribution < 1.29 is 8.42 Å². The number of hydrogen-bond acceptors (Lipinski definition) is 4. The molecule has 0 amide bonds. The maximum absolute atomic E-state index is 10.8. The Morgan fingerprint density at radius 1 is 1.57 bits per heavy atom. The molecule has 0 saturated carbocycles. The summed E-state index contributed by atoms with van der Waals surface area (Å²) in [5.41, 5.74) is 1.01. The number of nitrogens with zero attached hydrogens (tertiary/aromatic N) is 1. The van der Waals surface area contributed by atoms with Crippen molar-refractivity contribution >= 4 is 21.4 Å². The number of hydrogen-bond donors (Lipinski definition) is 1. The zero-order valence-corrected chi connectivity index (χ0v) is 10.1. The molecule has 0 radical (unpaired) electrons. The number of sulfonamides is 1. The van der Waals surface area contributed by atoms with Crippen LogP contribution >= 0.6 is 11.3 Å². The Labute approximate surface area is 88.4 Å². The van der Waals surface area contributed by atoms with E-state index in [2.05, 4.69) is 23.6 Å². The predicted molar refractivity (Wildman–Crippen MR) is 57.9 cm³/mol. The summed E-state index contributed by atoms with van der Waals surface area (Å²) < 4.78 is 24.0. The van der Waals surface area contributed by atoms with E-state index in [1.807, 2.05) is 5.38 Å². The molecule has 1 heterocycles. The summed E-state index contributed by atoms with van der Waals surface area (Å²) in [7, 11) is -3.12. The van der Waals surface area contributed by atoms with Crippen LogP contribution in [0.4, 0.5) is 0 Å². The Bertz CT molecular complexity index is 395. The van der Waals surface area contributed by atoms with Crippen molar-refractivity contribution in [1.29, 1.82) is 0 Å². The Balaban J connectivity index is 2.61. The first-order chi connectivity index (χ1) is 6.38. The predicted octanol–water partition coefficient (Wildman–Crippen LogP) is 1.32. The molecule has 0 unspecified atom stereocenters. The molecule has 0 aliphatic rings. The van der Waals surface area contributed by atoms with E-state index in [1.54, 1.807) is 0 Å². The zero-order chi connectivity index (χ0) is 10.8. The molecular formula is C8H14N2O2S2. The van der Waals surface area contributed by atoms with Gasteiger partial charge in [0.1, 0.15) is 5.01 Å².